The zero-order chi connectivity index (χ0) is 13.4. The third-order valence-electron chi connectivity index (χ3n) is 2.09. The van der Waals surface area contributed by atoms with E-state index in [0.717, 1.165) is 0 Å². The molecule has 6 heteroatoms. The molecule has 3 N–H and O–H groups in total. The monoisotopic (exact) mass is 252 g/mol. The summed E-state index contributed by atoms with van der Waals surface area (Å²) in [6.45, 7) is 0.672. The Balaban J connectivity index is 2.48. The van der Waals surface area contributed by atoms with Crippen molar-refractivity contribution < 1.29 is 19.1 Å². The van der Waals surface area contributed by atoms with E-state index in [9.17, 15) is 9.59 Å². The molecule has 1 aromatic rings. The van der Waals surface area contributed by atoms with Crippen molar-refractivity contribution >= 4 is 17.6 Å². The molecule has 0 unspecified atom stereocenters. The van der Waals surface area contributed by atoms with Gasteiger partial charge in [0.1, 0.15) is 6.61 Å². The Kier molecular flexibility index (Phi) is 5.83. The maximum absolute atomic E-state index is 11.4. The molecular formula is C12H16N2O4. The summed E-state index contributed by atoms with van der Waals surface area (Å²) in [4.78, 5) is 22.6. The zero-order valence-corrected chi connectivity index (χ0v) is 10.1. The number of nitrogens with two attached hydrogens (primary N) is 1. The summed E-state index contributed by atoms with van der Waals surface area (Å²) in [6, 6.07) is 6.38. The van der Waals surface area contributed by atoms with Crippen LogP contribution in [0.3, 0.4) is 0 Å². The van der Waals surface area contributed by atoms with E-state index in [1.165, 1.54) is 7.11 Å². The summed E-state index contributed by atoms with van der Waals surface area (Å²) < 4.78 is 9.55. The molecule has 0 aromatic heterocycles. The van der Waals surface area contributed by atoms with E-state index in [1.807, 2.05) is 0 Å². The van der Waals surface area contributed by atoms with Gasteiger partial charge in [0, 0.05) is 12.2 Å². The van der Waals surface area contributed by atoms with Gasteiger partial charge < -0.3 is 20.5 Å². The van der Waals surface area contributed by atoms with Crippen LogP contribution in [0.25, 0.3) is 0 Å². The van der Waals surface area contributed by atoms with Crippen molar-refractivity contribution in [2.45, 2.75) is 0 Å². The van der Waals surface area contributed by atoms with Gasteiger partial charge in [-0.15, -0.1) is 0 Å². The third kappa shape index (κ3) is 4.52. The largest absolute Gasteiger partial charge is 0.465 e. The van der Waals surface area contributed by atoms with Crippen LogP contribution >= 0.6 is 0 Å². The van der Waals surface area contributed by atoms with Gasteiger partial charge in [-0.05, 0) is 24.3 Å². The van der Waals surface area contributed by atoms with Gasteiger partial charge in [0.25, 0.3) is 0 Å². The first kappa shape index (κ1) is 14.1. The Morgan fingerprint density at radius 3 is 2.50 bits per heavy atom. The second kappa shape index (κ2) is 7.41. The number of amides is 1. The number of anilines is 1. The molecule has 0 heterocycles. The summed E-state index contributed by atoms with van der Waals surface area (Å²) in [7, 11) is 1.31. The number of hydrogen-bond acceptors (Lipinski definition) is 5. The molecule has 0 atom stereocenters. The molecule has 0 aliphatic rings. The number of ether oxygens (including phenoxy) is 2. The molecule has 0 radical (unpaired) electrons. The van der Waals surface area contributed by atoms with E-state index in [-0.39, 0.29) is 12.5 Å². The molecule has 18 heavy (non-hydrogen) atoms. The summed E-state index contributed by atoms with van der Waals surface area (Å²) in [5, 5.41) is 2.63. The van der Waals surface area contributed by atoms with Gasteiger partial charge in [0.2, 0.25) is 5.91 Å². The maximum atomic E-state index is 11.4. The second-order valence-electron chi connectivity index (χ2n) is 3.46. The lowest BCUT2D eigenvalue weighted by Gasteiger charge is -2.06. The highest BCUT2D eigenvalue weighted by molar-refractivity contribution is 5.93. The standard InChI is InChI=1S/C12H16N2O4/c1-17-12(16)9-2-4-10(5-3-9)14-11(15)8-18-7-6-13/h2-5H,6-8,13H2,1H3,(H,14,15). The zero-order valence-electron chi connectivity index (χ0n) is 10.1. The predicted molar refractivity (Wildman–Crippen MR) is 66.3 cm³/mol. The number of benzene rings is 1. The number of methoxy groups -OCH3 is 1. The molecule has 0 spiro atoms. The number of carbonyl (C=O) groups is 2. The van der Waals surface area contributed by atoms with E-state index >= 15 is 0 Å². The van der Waals surface area contributed by atoms with E-state index in [4.69, 9.17) is 10.5 Å². The number of nitrogens with one attached hydrogen (secondary N) is 1. The van der Waals surface area contributed by atoms with Gasteiger partial charge in [-0.1, -0.05) is 0 Å². The Hall–Kier alpha value is -1.92. The lowest BCUT2D eigenvalue weighted by Crippen LogP contribution is -2.20. The van der Waals surface area contributed by atoms with E-state index < -0.39 is 5.97 Å². The van der Waals surface area contributed by atoms with Crippen molar-refractivity contribution in [3.63, 3.8) is 0 Å². The minimum atomic E-state index is -0.417. The Labute approximate surface area is 105 Å². The minimum absolute atomic E-state index is 0.0457. The minimum Gasteiger partial charge on any atom is -0.465 e. The van der Waals surface area contributed by atoms with Gasteiger partial charge in [-0.2, -0.15) is 0 Å². The fraction of sp³-hybridized carbons (Fsp3) is 0.333. The number of carbonyl (C=O) groups excluding carboxylic acids is 2. The first-order valence-electron chi connectivity index (χ1n) is 5.43. The molecule has 0 aliphatic carbocycles. The smallest absolute Gasteiger partial charge is 0.337 e. The van der Waals surface area contributed by atoms with Crippen LogP contribution in [0.5, 0.6) is 0 Å². The molecule has 1 rings (SSSR count). The predicted octanol–water partition coefficient (Wildman–Crippen LogP) is 0.387. The Morgan fingerprint density at radius 1 is 1.28 bits per heavy atom. The molecular weight excluding hydrogens is 236 g/mol. The van der Waals surface area contributed by atoms with Gasteiger partial charge in [0.05, 0.1) is 19.3 Å². The molecule has 98 valence electrons. The number of esters is 1. The number of hydrogen-bond donors (Lipinski definition) is 2. The lowest BCUT2D eigenvalue weighted by molar-refractivity contribution is -0.120. The van der Waals surface area contributed by atoms with Crippen LogP contribution in [0, 0.1) is 0 Å². The summed E-state index contributed by atoms with van der Waals surface area (Å²) in [5.41, 5.74) is 6.24. The number of rotatable bonds is 6. The highest BCUT2D eigenvalue weighted by atomic mass is 16.5. The van der Waals surface area contributed by atoms with Crippen LogP contribution in [0.1, 0.15) is 10.4 Å². The van der Waals surface area contributed by atoms with Gasteiger partial charge in [-0.25, -0.2) is 4.79 Å². The fourth-order valence-corrected chi connectivity index (χ4v) is 1.25. The van der Waals surface area contributed by atoms with E-state index in [0.29, 0.717) is 24.4 Å². The van der Waals surface area contributed by atoms with Crippen molar-refractivity contribution in [1.29, 1.82) is 0 Å². The van der Waals surface area contributed by atoms with Gasteiger partial charge >= 0.3 is 5.97 Å². The molecule has 0 fully saturated rings. The average molecular weight is 252 g/mol. The quantitative estimate of drug-likeness (QED) is 0.564. The Morgan fingerprint density at radius 2 is 1.94 bits per heavy atom. The topological polar surface area (TPSA) is 90.6 Å². The molecule has 6 nitrogen and oxygen atoms in total. The molecule has 0 saturated heterocycles. The molecule has 0 saturated carbocycles. The maximum Gasteiger partial charge on any atom is 0.337 e. The van der Waals surface area contributed by atoms with E-state index in [1.54, 1.807) is 24.3 Å². The lowest BCUT2D eigenvalue weighted by atomic mass is 10.2. The molecule has 0 aliphatic heterocycles. The van der Waals surface area contributed by atoms with Crippen molar-refractivity contribution in [2.75, 3.05) is 32.2 Å². The summed E-state index contributed by atoms with van der Waals surface area (Å²) in [6.07, 6.45) is 0. The van der Waals surface area contributed by atoms with Crippen molar-refractivity contribution in [2.24, 2.45) is 5.73 Å². The average Bonchev–Trinajstić information content (AvgIpc) is 2.39. The Bertz CT molecular complexity index is 403. The van der Waals surface area contributed by atoms with E-state index in [2.05, 4.69) is 10.1 Å². The highest BCUT2D eigenvalue weighted by Crippen LogP contribution is 2.10. The van der Waals surface area contributed by atoms with Crippen LogP contribution in [0.2, 0.25) is 0 Å². The third-order valence-corrected chi connectivity index (χ3v) is 2.09. The van der Waals surface area contributed by atoms with Crippen LogP contribution in [0.15, 0.2) is 24.3 Å². The SMILES string of the molecule is COC(=O)c1ccc(NC(=O)COCCN)cc1. The van der Waals surface area contributed by atoms with Gasteiger partial charge in [-0.3, -0.25) is 4.79 Å². The van der Waals surface area contributed by atoms with Crippen LogP contribution in [-0.2, 0) is 14.3 Å². The first-order chi connectivity index (χ1) is 8.67. The molecule has 0 bridgehead atoms. The van der Waals surface area contributed by atoms with Crippen LogP contribution in [-0.4, -0.2) is 38.7 Å². The summed E-state index contributed by atoms with van der Waals surface area (Å²) >= 11 is 0. The summed E-state index contributed by atoms with van der Waals surface area (Å²) in [5.74, 6) is -0.687. The van der Waals surface area contributed by atoms with Crippen molar-refractivity contribution in [1.82, 2.24) is 0 Å². The van der Waals surface area contributed by atoms with Crippen LogP contribution in [0.4, 0.5) is 5.69 Å². The second-order valence-corrected chi connectivity index (χ2v) is 3.46. The van der Waals surface area contributed by atoms with Gasteiger partial charge in [0.15, 0.2) is 0 Å². The van der Waals surface area contributed by atoms with Crippen molar-refractivity contribution in [3.8, 4) is 0 Å². The molecule has 1 amide bonds. The first-order valence-corrected chi connectivity index (χ1v) is 5.43. The molecule has 1 aromatic carbocycles. The van der Waals surface area contributed by atoms with Crippen molar-refractivity contribution in [3.05, 3.63) is 29.8 Å². The highest BCUT2D eigenvalue weighted by Gasteiger charge is 2.06. The van der Waals surface area contributed by atoms with Crippen LogP contribution < -0.4 is 11.1 Å². The normalized spacial score (nSPS) is 9.89. The fourth-order valence-electron chi connectivity index (χ4n) is 1.25.